The third-order valence-corrected chi connectivity index (χ3v) is 11.6. The molecule has 0 aliphatic rings. The summed E-state index contributed by atoms with van der Waals surface area (Å²) in [5.41, 5.74) is 0. The summed E-state index contributed by atoms with van der Waals surface area (Å²) in [7, 11) is 0. The van der Waals surface area contributed by atoms with E-state index in [-0.39, 0.29) is 31.1 Å². The van der Waals surface area contributed by atoms with Crippen LogP contribution in [0.25, 0.3) is 0 Å². The third kappa shape index (κ3) is 51.7. The van der Waals surface area contributed by atoms with Crippen molar-refractivity contribution in [2.45, 2.75) is 271 Å². The molecule has 0 amide bonds. The van der Waals surface area contributed by atoms with Crippen LogP contribution in [0.3, 0.4) is 0 Å². The summed E-state index contributed by atoms with van der Waals surface area (Å²) in [6.07, 6.45) is 67.4. The zero-order valence-electron chi connectivity index (χ0n) is 42.7. The van der Waals surface area contributed by atoms with Gasteiger partial charge in [-0.1, -0.05) is 216 Å². The Balaban J connectivity index is 4.38. The van der Waals surface area contributed by atoms with Crippen molar-refractivity contribution in [3.63, 3.8) is 0 Å². The molecule has 0 N–H and O–H groups in total. The van der Waals surface area contributed by atoms with Crippen LogP contribution >= 0.6 is 0 Å². The standard InChI is InChI=1S/C59H102O6/c1-4-7-10-13-16-19-22-25-27-28-29-30-32-34-37-40-43-46-49-52-58(61)64-55-56(54-63-57(60)51-48-45-42-39-36-33-24-21-18-15-12-9-6-3)65-59(62)53-50-47-44-41-38-35-31-26-23-20-17-14-11-8-5-2/h8,11-12,15,17,20-21,24-27,31,56H,4-7,9-10,13-14,16,18-19,22-23,28-30,32-55H2,1-3H3/b11-8-,15-12-,20-17-,24-21-,27-25-,31-26-. The summed E-state index contributed by atoms with van der Waals surface area (Å²) >= 11 is 0. The highest BCUT2D eigenvalue weighted by Gasteiger charge is 2.19. The van der Waals surface area contributed by atoms with Crippen LogP contribution in [0.5, 0.6) is 0 Å². The van der Waals surface area contributed by atoms with Crippen molar-refractivity contribution in [2.75, 3.05) is 13.2 Å². The van der Waals surface area contributed by atoms with Gasteiger partial charge in [-0.25, -0.2) is 0 Å². The maximum Gasteiger partial charge on any atom is 0.306 e. The number of unbranched alkanes of at least 4 members (excludes halogenated alkanes) is 26. The summed E-state index contributed by atoms with van der Waals surface area (Å²) in [4.78, 5) is 38.1. The van der Waals surface area contributed by atoms with E-state index in [1.807, 2.05) is 0 Å². The molecule has 0 aromatic heterocycles. The highest BCUT2D eigenvalue weighted by atomic mass is 16.6. The minimum Gasteiger partial charge on any atom is -0.462 e. The quantitative estimate of drug-likeness (QED) is 0.0262. The van der Waals surface area contributed by atoms with Crippen molar-refractivity contribution < 1.29 is 28.6 Å². The van der Waals surface area contributed by atoms with Crippen LogP contribution in [0.15, 0.2) is 72.9 Å². The molecule has 0 aliphatic heterocycles. The Labute approximate surface area is 402 Å². The number of esters is 3. The third-order valence-electron chi connectivity index (χ3n) is 11.6. The number of allylic oxidation sites excluding steroid dienone is 12. The van der Waals surface area contributed by atoms with E-state index in [1.54, 1.807) is 0 Å². The lowest BCUT2D eigenvalue weighted by molar-refractivity contribution is -0.167. The second-order valence-electron chi connectivity index (χ2n) is 18.1. The fourth-order valence-corrected chi connectivity index (χ4v) is 7.55. The normalized spacial score (nSPS) is 12.6. The molecule has 65 heavy (non-hydrogen) atoms. The molecule has 1 atom stereocenters. The highest BCUT2D eigenvalue weighted by molar-refractivity contribution is 5.71. The first-order valence-electron chi connectivity index (χ1n) is 27.4. The largest absolute Gasteiger partial charge is 0.462 e. The first-order chi connectivity index (χ1) is 32.0. The van der Waals surface area contributed by atoms with Gasteiger partial charge in [-0.05, 0) is 103 Å². The Kier molecular flexibility index (Phi) is 50.9. The summed E-state index contributed by atoms with van der Waals surface area (Å²) in [6.45, 7) is 6.44. The van der Waals surface area contributed by atoms with Crippen LogP contribution < -0.4 is 0 Å². The average Bonchev–Trinajstić information content (AvgIpc) is 3.30. The van der Waals surface area contributed by atoms with Gasteiger partial charge in [0.15, 0.2) is 6.10 Å². The molecule has 0 aliphatic carbocycles. The fraction of sp³-hybridized carbons (Fsp3) is 0.746. The van der Waals surface area contributed by atoms with E-state index in [2.05, 4.69) is 93.7 Å². The van der Waals surface area contributed by atoms with Crippen LogP contribution in [0.2, 0.25) is 0 Å². The molecule has 0 spiro atoms. The summed E-state index contributed by atoms with van der Waals surface area (Å²) in [5, 5.41) is 0. The second kappa shape index (κ2) is 53.5. The maximum absolute atomic E-state index is 12.8. The van der Waals surface area contributed by atoms with Crippen LogP contribution in [0, 0.1) is 0 Å². The number of carbonyl (C=O) groups excluding carboxylic acids is 3. The van der Waals surface area contributed by atoms with E-state index < -0.39 is 6.10 Å². The van der Waals surface area contributed by atoms with Gasteiger partial charge in [-0.3, -0.25) is 14.4 Å². The van der Waals surface area contributed by atoms with Crippen LogP contribution in [-0.4, -0.2) is 37.2 Å². The van der Waals surface area contributed by atoms with E-state index in [0.29, 0.717) is 19.3 Å². The van der Waals surface area contributed by atoms with Crippen LogP contribution in [0.4, 0.5) is 0 Å². The van der Waals surface area contributed by atoms with E-state index in [1.165, 1.54) is 96.3 Å². The van der Waals surface area contributed by atoms with E-state index in [0.717, 1.165) is 128 Å². The molecule has 0 rings (SSSR count). The molecule has 0 heterocycles. The second-order valence-corrected chi connectivity index (χ2v) is 18.1. The molecule has 0 bridgehead atoms. The minimum atomic E-state index is -0.791. The highest BCUT2D eigenvalue weighted by Crippen LogP contribution is 2.15. The Morgan fingerprint density at radius 3 is 1.02 bits per heavy atom. The lowest BCUT2D eigenvalue weighted by atomic mass is 10.1. The van der Waals surface area contributed by atoms with Gasteiger partial charge in [0.25, 0.3) is 0 Å². The van der Waals surface area contributed by atoms with E-state index in [9.17, 15) is 14.4 Å². The van der Waals surface area contributed by atoms with Crippen molar-refractivity contribution >= 4 is 17.9 Å². The first-order valence-corrected chi connectivity index (χ1v) is 27.4. The minimum absolute atomic E-state index is 0.0878. The molecule has 0 aromatic rings. The van der Waals surface area contributed by atoms with Gasteiger partial charge >= 0.3 is 17.9 Å². The summed E-state index contributed by atoms with van der Waals surface area (Å²) < 4.78 is 16.8. The van der Waals surface area contributed by atoms with Gasteiger partial charge in [-0.2, -0.15) is 0 Å². The molecule has 0 fully saturated rings. The smallest absolute Gasteiger partial charge is 0.306 e. The maximum atomic E-state index is 12.8. The predicted molar refractivity (Wildman–Crippen MR) is 279 cm³/mol. The predicted octanol–water partition coefficient (Wildman–Crippen LogP) is 18.2. The van der Waals surface area contributed by atoms with Crippen molar-refractivity contribution in [1.29, 1.82) is 0 Å². The topological polar surface area (TPSA) is 78.9 Å². The molecule has 0 aromatic carbocycles. The van der Waals surface area contributed by atoms with Gasteiger partial charge < -0.3 is 14.2 Å². The van der Waals surface area contributed by atoms with Crippen molar-refractivity contribution in [1.82, 2.24) is 0 Å². The lowest BCUT2D eigenvalue weighted by Gasteiger charge is -2.18. The van der Waals surface area contributed by atoms with Crippen molar-refractivity contribution in [3.8, 4) is 0 Å². The van der Waals surface area contributed by atoms with Crippen LogP contribution in [-0.2, 0) is 28.6 Å². The average molecular weight is 907 g/mol. The van der Waals surface area contributed by atoms with Crippen molar-refractivity contribution in [3.05, 3.63) is 72.9 Å². The zero-order valence-corrected chi connectivity index (χ0v) is 42.7. The molecule has 0 saturated carbocycles. The molecule has 0 radical (unpaired) electrons. The number of ether oxygens (including phenoxy) is 3. The van der Waals surface area contributed by atoms with Gasteiger partial charge in [0, 0.05) is 19.3 Å². The Hall–Kier alpha value is -3.15. The molecular weight excluding hydrogens is 805 g/mol. The Morgan fingerprint density at radius 2 is 0.631 bits per heavy atom. The Morgan fingerprint density at radius 1 is 0.323 bits per heavy atom. The zero-order chi connectivity index (χ0) is 47.2. The Bertz CT molecular complexity index is 1230. The molecule has 6 nitrogen and oxygen atoms in total. The monoisotopic (exact) mass is 907 g/mol. The van der Waals surface area contributed by atoms with Crippen molar-refractivity contribution in [2.24, 2.45) is 0 Å². The number of hydrogen-bond donors (Lipinski definition) is 0. The lowest BCUT2D eigenvalue weighted by Crippen LogP contribution is -2.30. The molecule has 1 unspecified atom stereocenters. The number of carbonyl (C=O) groups is 3. The van der Waals surface area contributed by atoms with Crippen LogP contribution in [0.1, 0.15) is 265 Å². The van der Waals surface area contributed by atoms with E-state index >= 15 is 0 Å². The first kappa shape index (κ1) is 61.9. The summed E-state index contributed by atoms with van der Waals surface area (Å²) in [6, 6.07) is 0. The van der Waals surface area contributed by atoms with E-state index in [4.69, 9.17) is 14.2 Å². The fourth-order valence-electron chi connectivity index (χ4n) is 7.55. The number of hydrogen-bond acceptors (Lipinski definition) is 6. The van der Waals surface area contributed by atoms with Gasteiger partial charge in [0.05, 0.1) is 0 Å². The SMILES string of the molecule is CC/C=C\C/C=C\C/C=C\CCCCCCCC(=O)OC(COC(=O)CCCCCCC/C=C\C/C=C\CCC)COC(=O)CCCCCCCCCCC/C=C\CCCCCCCC. The molecule has 0 saturated heterocycles. The van der Waals surface area contributed by atoms with Gasteiger partial charge in [0.1, 0.15) is 13.2 Å². The van der Waals surface area contributed by atoms with Gasteiger partial charge in [0.2, 0.25) is 0 Å². The molecule has 6 heteroatoms. The number of rotatable bonds is 49. The summed E-state index contributed by atoms with van der Waals surface area (Å²) in [5.74, 6) is -0.917. The van der Waals surface area contributed by atoms with Gasteiger partial charge in [-0.15, -0.1) is 0 Å². The molecule has 374 valence electrons. The molecular formula is C59H102O6.